The Morgan fingerprint density at radius 3 is 2.61 bits per heavy atom. The van der Waals surface area contributed by atoms with Gasteiger partial charge in [-0.2, -0.15) is 10.1 Å². The lowest BCUT2D eigenvalue weighted by Gasteiger charge is -2.09. The van der Waals surface area contributed by atoms with Gasteiger partial charge in [-0.1, -0.05) is 13.8 Å². The number of aryl methyl sites for hydroxylation is 3. The Hall–Kier alpha value is -1.62. The van der Waals surface area contributed by atoms with Gasteiger partial charge in [0.05, 0.1) is 17.1 Å². The summed E-state index contributed by atoms with van der Waals surface area (Å²) < 4.78 is 1.76. The Labute approximate surface area is 111 Å². The molecule has 2 aromatic heterocycles. The highest BCUT2D eigenvalue weighted by atomic mass is 35.5. The normalized spacial score (nSPS) is 10.9. The number of nitrogens with zero attached hydrogens (tertiary/aromatic N) is 4. The molecule has 2 N–H and O–H groups in total. The van der Waals surface area contributed by atoms with Gasteiger partial charge >= 0.3 is 0 Å². The van der Waals surface area contributed by atoms with E-state index in [0.717, 1.165) is 24.2 Å². The number of rotatable bonds is 3. The molecule has 2 heterocycles. The van der Waals surface area contributed by atoms with E-state index < -0.39 is 0 Å². The Morgan fingerprint density at radius 1 is 1.28 bits per heavy atom. The van der Waals surface area contributed by atoms with E-state index in [1.807, 2.05) is 6.92 Å². The van der Waals surface area contributed by atoms with Gasteiger partial charge in [0.1, 0.15) is 0 Å². The highest BCUT2D eigenvalue weighted by molar-refractivity contribution is 6.28. The maximum absolute atomic E-state index is 6.01. The van der Waals surface area contributed by atoms with Crippen LogP contribution in [-0.4, -0.2) is 19.7 Å². The molecule has 0 amide bonds. The fraction of sp³-hybridized carbons (Fsp3) is 0.417. The summed E-state index contributed by atoms with van der Waals surface area (Å²) in [4.78, 5) is 8.22. The minimum absolute atomic E-state index is 0.187. The van der Waals surface area contributed by atoms with Crippen molar-refractivity contribution in [3.05, 3.63) is 28.4 Å². The number of hydrogen-bond donors (Lipinski definition) is 1. The second-order valence-electron chi connectivity index (χ2n) is 4.06. The van der Waals surface area contributed by atoms with Crippen LogP contribution in [0.1, 0.15) is 30.9 Å². The third-order valence-electron chi connectivity index (χ3n) is 2.85. The monoisotopic (exact) mass is 265 g/mol. The minimum atomic E-state index is 0.187. The van der Waals surface area contributed by atoms with Crippen LogP contribution >= 0.6 is 11.6 Å². The lowest BCUT2D eigenvalue weighted by atomic mass is 10.2. The minimum Gasteiger partial charge on any atom is -0.394 e. The molecule has 0 spiro atoms. The molecule has 5 nitrogen and oxygen atoms in total. The molecule has 0 aliphatic heterocycles. The molecule has 0 bridgehead atoms. The lowest BCUT2D eigenvalue weighted by Crippen LogP contribution is -2.10. The summed E-state index contributed by atoms with van der Waals surface area (Å²) in [6.07, 6.45) is 1.73. The number of nitrogen functional groups attached to an aromatic ring is 1. The van der Waals surface area contributed by atoms with Crippen molar-refractivity contribution >= 4 is 17.3 Å². The van der Waals surface area contributed by atoms with E-state index in [0.29, 0.717) is 17.2 Å². The summed E-state index contributed by atoms with van der Waals surface area (Å²) in [5.41, 5.74) is 9.27. The number of nitrogens with two attached hydrogens (primary N) is 1. The fourth-order valence-corrected chi connectivity index (χ4v) is 1.98. The smallest absolute Gasteiger partial charge is 0.224 e. The van der Waals surface area contributed by atoms with E-state index in [-0.39, 0.29) is 5.28 Å². The van der Waals surface area contributed by atoms with Gasteiger partial charge in [-0.25, -0.2) is 9.67 Å². The van der Waals surface area contributed by atoms with E-state index in [2.05, 4.69) is 35.0 Å². The molecular weight excluding hydrogens is 250 g/mol. The van der Waals surface area contributed by atoms with Crippen LogP contribution in [0.2, 0.25) is 5.28 Å². The molecule has 0 saturated heterocycles. The molecule has 0 aromatic carbocycles. The van der Waals surface area contributed by atoms with E-state index in [4.69, 9.17) is 17.3 Å². The van der Waals surface area contributed by atoms with Crippen LogP contribution in [0.25, 0.3) is 5.82 Å². The van der Waals surface area contributed by atoms with Crippen molar-refractivity contribution in [1.82, 2.24) is 19.7 Å². The van der Waals surface area contributed by atoms with Crippen molar-refractivity contribution in [3.63, 3.8) is 0 Å². The maximum Gasteiger partial charge on any atom is 0.224 e. The highest BCUT2D eigenvalue weighted by Crippen LogP contribution is 2.21. The van der Waals surface area contributed by atoms with Crippen molar-refractivity contribution in [2.24, 2.45) is 0 Å². The molecule has 0 atom stereocenters. The van der Waals surface area contributed by atoms with Gasteiger partial charge in [-0.05, 0) is 37.4 Å². The van der Waals surface area contributed by atoms with Crippen LogP contribution in [0.5, 0.6) is 0 Å². The molecule has 0 fully saturated rings. The molecule has 0 saturated carbocycles. The van der Waals surface area contributed by atoms with Gasteiger partial charge in [-0.15, -0.1) is 0 Å². The summed E-state index contributed by atoms with van der Waals surface area (Å²) in [6, 6.07) is 2.06. The zero-order valence-corrected chi connectivity index (χ0v) is 11.5. The zero-order valence-electron chi connectivity index (χ0n) is 10.7. The predicted octanol–water partition coefficient (Wildman–Crippen LogP) is 2.33. The van der Waals surface area contributed by atoms with Crippen molar-refractivity contribution in [2.75, 3.05) is 5.73 Å². The number of hydrogen-bond acceptors (Lipinski definition) is 4. The van der Waals surface area contributed by atoms with E-state index >= 15 is 0 Å². The Bertz CT molecular complexity index is 576. The summed E-state index contributed by atoms with van der Waals surface area (Å²) in [6.45, 7) is 5.94. The van der Waals surface area contributed by atoms with Gasteiger partial charge in [0.15, 0.2) is 5.82 Å². The van der Waals surface area contributed by atoms with Gasteiger partial charge in [0.25, 0.3) is 0 Å². The first-order chi connectivity index (χ1) is 8.56. The Morgan fingerprint density at radius 2 is 2.00 bits per heavy atom. The molecule has 6 heteroatoms. The third-order valence-corrected chi connectivity index (χ3v) is 3.02. The van der Waals surface area contributed by atoms with Gasteiger partial charge < -0.3 is 5.73 Å². The maximum atomic E-state index is 6.01. The van der Waals surface area contributed by atoms with E-state index in [1.54, 1.807) is 4.68 Å². The average molecular weight is 266 g/mol. The summed E-state index contributed by atoms with van der Waals surface area (Å²) in [5.74, 6) is 0.559. The molecule has 2 aromatic rings. The molecule has 0 aliphatic rings. The molecule has 96 valence electrons. The fourth-order valence-electron chi connectivity index (χ4n) is 1.78. The summed E-state index contributed by atoms with van der Waals surface area (Å²) in [7, 11) is 0. The molecule has 2 rings (SSSR count). The first-order valence-electron chi connectivity index (χ1n) is 5.94. The van der Waals surface area contributed by atoms with Crippen molar-refractivity contribution < 1.29 is 0 Å². The second kappa shape index (κ2) is 4.94. The number of halogens is 1. The van der Waals surface area contributed by atoms with E-state index in [1.165, 1.54) is 0 Å². The van der Waals surface area contributed by atoms with Gasteiger partial charge in [0, 0.05) is 5.69 Å². The van der Waals surface area contributed by atoms with Crippen molar-refractivity contribution in [3.8, 4) is 5.82 Å². The number of aromatic nitrogens is 4. The van der Waals surface area contributed by atoms with Crippen LogP contribution in [0.4, 0.5) is 5.69 Å². The summed E-state index contributed by atoms with van der Waals surface area (Å²) in [5, 5.41) is 4.69. The SMILES string of the molecule is CCc1cc(CC)n(-c2nc(Cl)nc(C)c2N)n1. The van der Waals surface area contributed by atoms with Crippen molar-refractivity contribution in [1.29, 1.82) is 0 Å². The predicted molar refractivity (Wildman–Crippen MR) is 72.1 cm³/mol. The standard InChI is InChI=1S/C12H16ClN5/c1-4-8-6-9(5-2)18(17-8)11-10(14)7(3)15-12(13)16-11/h6H,4-5,14H2,1-3H3. The first-order valence-corrected chi connectivity index (χ1v) is 6.32. The van der Waals surface area contributed by atoms with Crippen molar-refractivity contribution in [2.45, 2.75) is 33.6 Å². The molecule has 0 aliphatic carbocycles. The Balaban J connectivity index is 2.64. The van der Waals surface area contributed by atoms with Crippen LogP contribution < -0.4 is 5.73 Å². The topological polar surface area (TPSA) is 69.6 Å². The van der Waals surface area contributed by atoms with Crippen LogP contribution in [-0.2, 0) is 12.8 Å². The van der Waals surface area contributed by atoms with E-state index in [9.17, 15) is 0 Å². The van der Waals surface area contributed by atoms with Crippen LogP contribution in [0.15, 0.2) is 6.07 Å². The lowest BCUT2D eigenvalue weighted by molar-refractivity contribution is 0.769. The second-order valence-corrected chi connectivity index (χ2v) is 4.40. The van der Waals surface area contributed by atoms with Gasteiger partial charge in [0.2, 0.25) is 5.28 Å². The summed E-state index contributed by atoms with van der Waals surface area (Å²) >= 11 is 5.89. The average Bonchev–Trinajstić information content (AvgIpc) is 2.76. The molecule has 0 unspecified atom stereocenters. The Kier molecular flexibility index (Phi) is 3.52. The first kappa shape index (κ1) is 12.8. The molecular formula is C12H16ClN5. The third kappa shape index (κ3) is 2.18. The van der Waals surface area contributed by atoms with Gasteiger partial charge in [-0.3, -0.25) is 0 Å². The quantitative estimate of drug-likeness (QED) is 0.865. The van der Waals surface area contributed by atoms with Crippen LogP contribution in [0.3, 0.4) is 0 Å². The van der Waals surface area contributed by atoms with Crippen LogP contribution in [0, 0.1) is 6.92 Å². The molecule has 18 heavy (non-hydrogen) atoms. The highest BCUT2D eigenvalue weighted by Gasteiger charge is 2.14. The zero-order chi connectivity index (χ0) is 13.3. The largest absolute Gasteiger partial charge is 0.394 e. The molecule has 0 radical (unpaired) electrons. The number of anilines is 1.